The number of carbonyl (C=O) groups excluding carboxylic acids is 2. The van der Waals surface area contributed by atoms with Crippen LogP contribution < -0.4 is 15.2 Å². The molecule has 1 aromatic heterocycles. The summed E-state index contributed by atoms with van der Waals surface area (Å²) in [5, 5.41) is 1.92. The molecule has 0 unspecified atom stereocenters. The Morgan fingerprint density at radius 3 is 2.65 bits per heavy atom. The monoisotopic (exact) mass is 586 g/mol. The predicted molar refractivity (Wildman–Crippen MR) is 138 cm³/mol. The molecule has 2 aliphatic heterocycles. The smallest absolute Gasteiger partial charge is 0.308 e. The number of Topliss-reactive ketones (excluding diaryl/α,β-unsaturated/α-hetero) is 1. The highest BCUT2D eigenvalue weighted by Crippen LogP contribution is 2.52. The first-order valence-electron chi connectivity index (χ1n) is 11.9. The fourth-order valence-corrected chi connectivity index (χ4v) is 7.40. The highest BCUT2D eigenvalue weighted by molar-refractivity contribution is 9.10. The van der Waals surface area contributed by atoms with E-state index in [9.17, 15) is 18.8 Å². The van der Waals surface area contributed by atoms with Gasteiger partial charge >= 0.3 is 5.97 Å². The van der Waals surface area contributed by atoms with Gasteiger partial charge in [-0.1, -0.05) is 40.5 Å². The van der Waals surface area contributed by atoms with E-state index in [1.165, 1.54) is 30.9 Å². The van der Waals surface area contributed by atoms with Crippen LogP contribution in [0.15, 0.2) is 56.8 Å². The normalized spacial score (nSPS) is 19.4. The molecular weight excluding hydrogens is 566 g/mol. The van der Waals surface area contributed by atoms with Gasteiger partial charge in [0.2, 0.25) is 11.2 Å². The molecule has 0 N–H and O–H groups in total. The molecular formula is C27H21BrF2N2O4S. The summed E-state index contributed by atoms with van der Waals surface area (Å²) in [5.74, 6) is -2.89. The van der Waals surface area contributed by atoms with Crippen LogP contribution in [-0.2, 0) is 10.5 Å². The van der Waals surface area contributed by atoms with Gasteiger partial charge in [-0.15, -0.1) is 11.8 Å². The fraction of sp³-hybridized carbons (Fsp3) is 0.296. The number of carbonyl (C=O) groups is 2. The number of thioether (sulfide) groups is 1. The van der Waals surface area contributed by atoms with E-state index in [0.717, 1.165) is 22.9 Å². The van der Waals surface area contributed by atoms with Crippen LogP contribution in [0, 0.1) is 17.0 Å². The summed E-state index contributed by atoms with van der Waals surface area (Å²) < 4.78 is 37.1. The molecule has 190 valence electrons. The molecule has 3 aliphatic rings. The van der Waals surface area contributed by atoms with Gasteiger partial charge in [0.05, 0.1) is 11.5 Å². The summed E-state index contributed by atoms with van der Waals surface area (Å²) in [6.45, 7) is 1.48. The first kappa shape index (κ1) is 24.4. The number of rotatable bonds is 2. The minimum atomic E-state index is -0.943. The third kappa shape index (κ3) is 3.67. The second-order valence-corrected chi connectivity index (χ2v) is 11.5. The van der Waals surface area contributed by atoms with E-state index in [4.69, 9.17) is 4.74 Å². The lowest BCUT2D eigenvalue weighted by atomic mass is 9.64. The van der Waals surface area contributed by atoms with Crippen molar-refractivity contribution in [2.75, 3.05) is 11.6 Å². The SMILES string of the molecule is CC(=O)Oc1c2n(ccc1=O)N([C@H]1c3ccccc3SCc3c(F)c(F)cc(Br)c31)CC1(CCC1)C2=O. The van der Waals surface area contributed by atoms with Crippen LogP contribution in [0.3, 0.4) is 0 Å². The highest BCUT2D eigenvalue weighted by atomic mass is 79.9. The third-order valence-corrected chi connectivity index (χ3v) is 9.27. The lowest BCUT2D eigenvalue weighted by molar-refractivity contribution is -0.132. The number of hydrogen-bond acceptors (Lipinski definition) is 6. The lowest BCUT2D eigenvalue weighted by Gasteiger charge is -2.51. The molecule has 3 aromatic rings. The minimum absolute atomic E-state index is 0.00304. The van der Waals surface area contributed by atoms with Crippen molar-refractivity contribution in [1.29, 1.82) is 0 Å². The Balaban J connectivity index is 1.67. The van der Waals surface area contributed by atoms with E-state index in [1.54, 1.807) is 4.68 Å². The Kier molecular flexibility index (Phi) is 5.80. The maximum atomic E-state index is 15.3. The van der Waals surface area contributed by atoms with Gasteiger partial charge in [0.25, 0.3) is 0 Å². The average molecular weight is 587 g/mol. The summed E-state index contributed by atoms with van der Waals surface area (Å²) in [6, 6.07) is 9.41. The van der Waals surface area contributed by atoms with Crippen LogP contribution in [0.25, 0.3) is 0 Å². The number of esters is 1. The molecule has 0 amide bonds. The maximum Gasteiger partial charge on any atom is 0.308 e. The average Bonchev–Trinajstić information content (AvgIpc) is 3.01. The Morgan fingerprint density at radius 2 is 1.95 bits per heavy atom. The molecule has 1 spiro atoms. The van der Waals surface area contributed by atoms with E-state index in [1.807, 2.05) is 29.3 Å². The molecule has 0 radical (unpaired) electrons. The molecule has 1 fully saturated rings. The van der Waals surface area contributed by atoms with Crippen LogP contribution in [0.5, 0.6) is 5.75 Å². The van der Waals surface area contributed by atoms with Crippen LogP contribution in [0.2, 0.25) is 0 Å². The Morgan fingerprint density at radius 1 is 1.19 bits per heavy atom. The summed E-state index contributed by atoms with van der Waals surface area (Å²) in [4.78, 5) is 39.4. The van der Waals surface area contributed by atoms with Crippen molar-refractivity contribution in [2.45, 2.75) is 42.9 Å². The van der Waals surface area contributed by atoms with Crippen molar-refractivity contribution in [3.63, 3.8) is 0 Å². The second-order valence-electron chi connectivity index (χ2n) is 9.63. The van der Waals surface area contributed by atoms with E-state index in [-0.39, 0.29) is 28.5 Å². The molecule has 10 heteroatoms. The van der Waals surface area contributed by atoms with Gasteiger partial charge < -0.3 is 4.74 Å². The zero-order chi connectivity index (χ0) is 26.1. The predicted octanol–water partition coefficient (Wildman–Crippen LogP) is 5.51. The number of halogens is 3. The Hall–Kier alpha value is -2.98. The molecule has 6 rings (SSSR count). The van der Waals surface area contributed by atoms with E-state index >= 15 is 4.39 Å². The number of nitrogens with zero attached hydrogens (tertiary/aromatic N) is 2. The van der Waals surface area contributed by atoms with Gasteiger partial charge in [-0.05, 0) is 30.5 Å². The molecule has 0 bridgehead atoms. The van der Waals surface area contributed by atoms with Gasteiger partial charge in [-0.25, -0.2) is 8.78 Å². The van der Waals surface area contributed by atoms with Crippen LogP contribution >= 0.6 is 27.7 Å². The minimum Gasteiger partial charge on any atom is -0.420 e. The molecule has 2 aromatic carbocycles. The largest absolute Gasteiger partial charge is 0.420 e. The van der Waals surface area contributed by atoms with Crippen molar-refractivity contribution in [1.82, 2.24) is 4.68 Å². The van der Waals surface area contributed by atoms with Crippen molar-refractivity contribution in [3.05, 3.63) is 91.3 Å². The van der Waals surface area contributed by atoms with Crippen LogP contribution in [0.4, 0.5) is 8.78 Å². The number of ketones is 1. The number of aromatic nitrogens is 1. The lowest BCUT2D eigenvalue weighted by Crippen LogP contribution is -2.59. The van der Waals surface area contributed by atoms with Crippen molar-refractivity contribution < 1.29 is 23.1 Å². The van der Waals surface area contributed by atoms with E-state index in [0.29, 0.717) is 29.4 Å². The van der Waals surface area contributed by atoms with Crippen LogP contribution in [0.1, 0.15) is 59.4 Å². The third-order valence-electron chi connectivity index (χ3n) is 7.50. The zero-order valence-corrected chi connectivity index (χ0v) is 22.1. The fourth-order valence-electron chi connectivity index (χ4n) is 5.64. The zero-order valence-electron chi connectivity index (χ0n) is 19.7. The molecule has 37 heavy (non-hydrogen) atoms. The molecule has 1 saturated carbocycles. The number of benzene rings is 2. The molecule has 3 heterocycles. The van der Waals surface area contributed by atoms with Gasteiger partial charge in [0.15, 0.2) is 23.1 Å². The standard InChI is InChI=1S/C27H21BrF2N2O4S/c1-14(33)36-25-19(34)7-10-31-24(25)26(35)27(8-4-9-27)13-32(31)23-15-5-2-3-6-20(15)37-12-16-21(23)17(28)11-18(29)22(16)30/h2-3,5-7,10-11,23H,4,8-9,12-13H2,1H3/t23-/m0/s1. The van der Waals surface area contributed by atoms with Crippen molar-refractivity contribution in [2.24, 2.45) is 5.41 Å². The number of hydrogen-bond donors (Lipinski definition) is 0. The maximum absolute atomic E-state index is 15.3. The highest BCUT2D eigenvalue weighted by Gasteiger charge is 2.53. The first-order chi connectivity index (χ1) is 17.7. The van der Waals surface area contributed by atoms with Gasteiger partial charge in [-0.2, -0.15) is 0 Å². The number of fused-ring (bicyclic) bond motifs is 3. The summed E-state index contributed by atoms with van der Waals surface area (Å²) in [7, 11) is 0. The van der Waals surface area contributed by atoms with Gasteiger partial charge in [0, 0.05) is 52.0 Å². The van der Waals surface area contributed by atoms with Crippen LogP contribution in [-0.4, -0.2) is 23.0 Å². The van der Waals surface area contributed by atoms with E-state index in [2.05, 4.69) is 15.9 Å². The molecule has 0 saturated heterocycles. The second kappa shape index (κ2) is 8.80. The Bertz CT molecular complexity index is 1550. The van der Waals surface area contributed by atoms with Crippen molar-refractivity contribution >= 4 is 39.4 Å². The molecule has 6 nitrogen and oxygen atoms in total. The quantitative estimate of drug-likeness (QED) is 0.291. The van der Waals surface area contributed by atoms with Gasteiger partial charge in [-0.3, -0.25) is 24.1 Å². The first-order valence-corrected chi connectivity index (χ1v) is 13.6. The van der Waals surface area contributed by atoms with Crippen molar-refractivity contribution in [3.8, 4) is 5.75 Å². The van der Waals surface area contributed by atoms with Gasteiger partial charge in [0.1, 0.15) is 0 Å². The number of ether oxygens (including phenoxy) is 1. The summed E-state index contributed by atoms with van der Waals surface area (Å²) >= 11 is 4.91. The van der Waals surface area contributed by atoms with E-state index < -0.39 is 34.5 Å². The summed E-state index contributed by atoms with van der Waals surface area (Å²) in [6.07, 6.45) is 3.55. The molecule has 1 aliphatic carbocycles. The topological polar surface area (TPSA) is 68.6 Å². The Labute approximate surface area is 223 Å². The summed E-state index contributed by atoms with van der Waals surface area (Å²) in [5.41, 5.74) is 0.308. The molecule has 1 atom stereocenters. The number of pyridine rings is 1.